The summed E-state index contributed by atoms with van der Waals surface area (Å²) in [7, 11) is 0. The first-order valence-corrected chi connectivity index (χ1v) is 8.48. The van der Waals surface area contributed by atoms with Gasteiger partial charge in [-0.15, -0.1) is 12.3 Å². The maximum absolute atomic E-state index is 12.2. The Hall–Kier alpha value is -2.65. The lowest BCUT2D eigenvalue weighted by molar-refractivity contribution is -0.0470. The zero-order valence-corrected chi connectivity index (χ0v) is 14.2. The van der Waals surface area contributed by atoms with E-state index in [4.69, 9.17) is 11.2 Å². The fourth-order valence-corrected chi connectivity index (χ4v) is 2.89. The van der Waals surface area contributed by atoms with E-state index in [1.807, 2.05) is 0 Å². The van der Waals surface area contributed by atoms with Crippen molar-refractivity contribution in [1.29, 1.82) is 0 Å². The zero-order chi connectivity index (χ0) is 18.5. The van der Waals surface area contributed by atoms with Crippen LogP contribution in [0.4, 0.5) is 0 Å². The average Bonchev–Trinajstić information content (AvgIpc) is 3.19. The molecule has 2 aromatic rings. The van der Waals surface area contributed by atoms with E-state index in [0.717, 1.165) is 19.3 Å². The van der Waals surface area contributed by atoms with Crippen LogP contribution in [0, 0.1) is 24.2 Å². The third kappa shape index (κ3) is 3.63. The van der Waals surface area contributed by atoms with Crippen molar-refractivity contribution in [2.75, 3.05) is 6.61 Å². The molecule has 0 aromatic carbocycles. The number of aromatic amines is 1. The Bertz CT molecular complexity index is 931. The lowest BCUT2D eigenvalue weighted by atomic mass is 10.2. The van der Waals surface area contributed by atoms with Crippen molar-refractivity contribution in [2.24, 2.45) is 0 Å². The fourth-order valence-electron chi connectivity index (χ4n) is 2.89. The van der Waals surface area contributed by atoms with Crippen LogP contribution >= 0.6 is 0 Å². The second kappa shape index (κ2) is 8.15. The molecule has 0 unspecified atom stereocenters. The van der Waals surface area contributed by atoms with Crippen LogP contribution < -0.4 is 5.56 Å². The Kier molecular flexibility index (Phi) is 5.69. The van der Waals surface area contributed by atoms with E-state index in [0.29, 0.717) is 17.8 Å². The van der Waals surface area contributed by atoms with E-state index < -0.39 is 18.4 Å². The largest absolute Gasteiger partial charge is 0.394 e. The number of terminal acetylenes is 1. The van der Waals surface area contributed by atoms with E-state index >= 15 is 0 Å². The minimum Gasteiger partial charge on any atom is -0.394 e. The molecular weight excluding hydrogens is 336 g/mol. The van der Waals surface area contributed by atoms with Crippen LogP contribution in [0.3, 0.4) is 0 Å². The smallest absolute Gasteiger partial charge is 0.263 e. The van der Waals surface area contributed by atoms with Gasteiger partial charge in [0.25, 0.3) is 5.56 Å². The highest BCUT2D eigenvalue weighted by Gasteiger charge is 2.36. The zero-order valence-electron chi connectivity index (χ0n) is 14.2. The molecule has 1 fully saturated rings. The molecule has 136 valence electrons. The molecular formula is C18H20N4O4. The van der Waals surface area contributed by atoms with Gasteiger partial charge >= 0.3 is 0 Å². The number of rotatable bonds is 5. The Morgan fingerprint density at radius 3 is 2.96 bits per heavy atom. The SMILES string of the molecule is C#CCCCCC#Cc1nn([C@H]2C[C@H](O)[C@@H](CO)O2)c2nc[nH]c(=O)c12. The van der Waals surface area contributed by atoms with Crippen LogP contribution in [0.1, 0.15) is 44.0 Å². The number of aliphatic hydroxyl groups is 2. The molecule has 3 heterocycles. The molecule has 1 aliphatic rings. The summed E-state index contributed by atoms with van der Waals surface area (Å²) in [5, 5.41) is 23.9. The summed E-state index contributed by atoms with van der Waals surface area (Å²) >= 11 is 0. The maximum atomic E-state index is 12.2. The first-order valence-electron chi connectivity index (χ1n) is 8.48. The van der Waals surface area contributed by atoms with Crippen molar-refractivity contribution in [1.82, 2.24) is 19.7 Å². The molecule has 0 amide bonds. The standard InChI is InChI=1S/C18H20N4O4/c1-2-3-4-5-6-7-8-12-16-17(19-11-20-18(16)25)22(21-12)15-9-13(24)14(10-23)26-15/h1,11,13-15,23-24H,3-6,9-10H2,(H,19,20,25)/t13-,14+,15+/m0/s1. The molecule has 1 saturated heterocycles. The summed E-state index contributed by atoms with van der Waals surface area (Å²) in [6.07, 6.45) is 7.78. The molecule has 2 aromatic heterocycles. The Balaban J connectivity index is 1.90. The van der Waals surface area contributed by atoms with Crippen LogP contribution in [0.5, 0.6) is 0 Å². The van der Waals surface area contributed by atoms with Gasteiger partial charge < -0.3 is 19.9 Å². The van der Waals surface area contributed by atoms with E-state index in [2.05, 4.69) is 32.8 Å². The second-order valence-electron chi connectivity index (χ2n) is 6.05. The fraction of sp³-hybridized carbons (Fsp3) is 0.500. The summed E-state index contributed by atoms with van der Waals surface area (Å²) < 4.78 is 7.07. The van der Waals surface area contributed by atoms with Crippen molar-refractivity contribution >= 4 is 11.0 Å². The molecule has 0 spiro atoms. The normalized spacial score (nSPS) is 22.1. The van der Waals surface area contributed by atoms with Gasteiger partial charge in [-0.2, -0.15) is 5.10 Å². The Morgan fingerprint density at radius 1 is 1.42 bits per heavy atom. The van der Waals surface area contributed by atoms with Gasteiger partial charge in [0.05, 0.1) is 19.0 Å². The van der Waals surface area contributed by atoms with E-state index in [1.165, 1.54) is 11.0 Å². The molecule has 8 nitrogen and oxygen atoms in total. The van der Waals surface area contributed by atoms with Gasteiger partial charge in [-0.1, -0.05) is 5.92 Å². The van der Waals surface area contributed by atoms with Crippen molar-refractivity contribution in [3.8, 4) is 24.2 Å². The predicted octanol–water partition coefficient (Wildman–Crippen LogP) is 0.305. The number of H-pyrrole nitrogens is 1. The van der Waals surface area contributed by atoms with Gasteiger partial charge in [0.1, 0.15) is 11.5 Å². The third-order valence-electron chi connectivity index (χ3n) is 4.23. The van der Waals surface area contributed by atoms with Crippen LogP contribution in [-0.4, -0.2) is 48.8 Å². The van der Waals surface area contributed by atoms with Gasteiger partial charge in [0.2, 0.25) is 0 Å². The van der Waals surface area contributed by atoms with Gasteiger partial charge in [0.15, 0.2) is 17.6 Å². The summed E-state index contributed by atoms with van der Waals surface area (Å²) in [5.74, 6) is 8.52. The summed E-state index contributed by atoms with van der Waals surface area (Å²) in [6, 6.07) is 0. The van der Waals surface area contributed by atoms with Crippen molar-refractivity contribution in [3.63, 3.8) is 0 Å². The van der Waals surface area contributed by atoms with Crippen molar-refractivity contribution < 1.29 is 14.9 Å². The highest BCUT2D eigenvalue weighted by Crippen LogP contribution is 2.30. The lowest BCUT2D eigenvalue weighted by Gasteiger charge is -2.12. The molecule has 1 aliphatic heterocycles. The molecule has 0 bridgehead atoms. The molecule has 0 saturated carbocycles. The van der Waals surface area contributed by atoms with Gasteiger partial charge in [-0.25, -0.2) is 9.67 Å². The number of nitrogens with one attached hydrogen (secondary N) is 1. The van der Waals surface area contributed by atoms with E-state index in [1.54, 1.807) is 0 Å². The average molecular weight is 356 g/mol. The molecule has 26 heavy (non-hydrogen) atoms. The Labute approximate surface area is 150 Å². The molecule has 3 atom stereocenters. The topological polar surface area (TPSA) is 113 Å². The second-order valence-corrected chi connectivity index (χ2v) is 6.05. The van der Waals surface area contributed by atoms with Crippen molar-refractivity contribution in [2.45, 2.75) is 50.5 Å². The number of fused-ring (bicyclic) bond motifs is 1. The predicted molar refractivity (Wildman–Crippen MR) is 93.9 cm³/mol. The van der Waals surface area contributed by atoms with Crippen LogP contribution in [0.15, 0.2) is 11.1 Å². The maximum Gasteiger partial charge on any atom is 0.263 e. The minimum absolute atomic E-state index is 0.245. The lowest BCUT2D eigenvalue weighted by Crippen LogP contribution is -2.24. The molecule has 0 radical (unpaired) electrons. The monoisotopic (exact) mass is 356 g/mol. The van der Waals surface area contributed by atoms with Crippen LogP contribution in [-0.2, 0) is 4.74 Å². The highest BCUT2D eigenvalue weighted by molar-refractivity contribution is 5.80. The van der Waals surface area contributed by atoms with Crippen LogP contribution in [0.25, 0.3) is 11.0 Å². The summed E-state index contributed by atoms with van der Waals surface area (Å²) in [6.45, 7) is -0.296. The number of hydrogen-bond acceptors (Lipinski definition) is 6. The summed E-state index contributed by atoms with van der Waals surface area (Å²) in [4.78, 5) is 18.9. The third-order valence-corrected chi connectivity index (χ3v) is 4.23. The first-order chi connectivity index (χ1) is 12.7. The van der Waals surface area contributed by atoms with E-state index in [-0.39, 0.29) is 24.0 Å². The number of aromatic nitrogens is 4. The molecule has 3 rings (SSSR count). The number of hydrogen-bond donors (Lipinski definition) is 3. The molecule has 3 N–H and O–H groups in total. The molecule has 8 heteroatoms. The highest BCUT2D eigenvalue weighted by atomic mass is 16.5. The number of unbranched alkanes of at least 4 members (excludes halogenated alkanes) is 3. The Morgan fingerprint density at radius 2 is 2.23 bits per heavy atom. The van der Waals surface area contributed by atoms with Crippen molar-refractivity contribution in [3.05, 3.63) is 22.4 Å². The van der Waals surface area contributed by atoms with E-state index in [9.17, 15) is 15.0 Å². The quantitative estimate of drug-likeness (QED) is 0.525. The number of ether oxygens (including phenoxy) is 1. The minimum atomic E-state index is -0.808. The van der Waals surface area contributed by atoms with Gasteiger partial charge in [-0.05, 0) is 18.8 Å². The van der Waals surface area contributed by atoms with Gasteiger partial charge in [0, 0.05) is 19.3 Å². The summed E-state index contributed by atoms with van der Waals surface area (Å²) in [5.41, 5.74) is 0.313. The molecule has 0 aliphatic carbocycles. The first kappa shape index (κ1) is 18.2. The van der Waals surface area contributed by atoms with Crippen LogP contribution in [0.2, 0.25) is 0 Å². The van der Waals surface area contributed by atoms with Gasteiger partial charge in [-0.3, -0.25) is 4.79 Å². The number of nitrogens with zero attached hydrogens (tertiary/aromatic N) is 3. The number of aliphatic hydroxyl groups excluding tert-OH is 2.